The van der Waals surface area contributed by atoms with Crippen LogP contribution in [0.25, 0.3) is 0 Å². The van der Waals surface area contributed by atoms with Gasteiger partial charge in [0.05, 0.1) is 11.1 Å². The number of rotatable bonds is 5. The van der Waals surface area contributed by atoms with Crippen LogP contribution in [-0.2, 0) is 5.41 Å². The largest absolute Gasteiger partial charge is 0.478 e. The molecule has 26 heavy (non-hydrogen) atoms. The van der Waals surface area contributed by atoms with Crippen molar-refractivity contribution in [2.24, 2.45) is 0 Å². The zero-order valence-corrected chi connectivity index (χ0v) is 14.2. The molecule has 0 saturated heterocycles. The van der Waals surface area contributed by atoms with Crippen molar-refractivity contribution < 1.29 is 19.8 Å². The first-order chi connectivity index (χ1) is 12.4. The molecular formula is C22H18O4. The van der Waals surface area contributed by atoms with Gasteiger partial charge in [0.15, 0.2) is 0 Å². The molecule has 0 aliphatic heterocycles. The van der Waals surface area contributed by atoms with Gasteiger partial charge in [-0.25, -0.2) is 9.59 Å². The Hall–Kier alpha value is -3.40. The predicted octanol–water partition coefficient (Wildman–Crippen LogP) is 4.44. The molecular weight excluding hydrogens is 328 g/mol. The fourth-order valence-electron chi connectivity index (χ4n) is 3.16. The predicted molar refractivity (Wildman–Crippen MR) is 98.8 cm³/mol. The summed E-state index contributed by atoms with van der Waals surface area (Å²) >= 11 is 0. The van der Waals surface area contributed by atoms with Crippen LogP contribution in [0.2, 0.25) is 0 Å². The van der Waals surface area contributed by atoms with Gasteiger partial charge in [0.25, 0.3) is 0 Å². The Morgan fingerprint density at radius 2 is 0.962 bits per heavy atom. The van der Waals surface area contributed by atoms with Gasteiger partial charge in [0.1, 0.15) is 0 Å². The van der Waals surface area contributed by atoms with E-state index >= 15 is 0 Å². The number of carbonyl (C=O) groups is 2. The fourth-order valence-corrected chi connectivity index (χ4v) is 3.16. The molecule has 0 aliphatic rings. The standard InChI is InChI=1S/C22H18O4/c1-22(17-5-3-2-4-6-17,18-11-7-15(8-12-18)20(23)24)19-13-9-16(10-14-19)21(25)26/h2-14H,1H3,(H,23,24)(H,25,26). The molecule has 3 aromatic carbocycles. The lowest BCUT2D eigenvalue weighted by Crippen LogP contribution is -2.25. The molecule has 3 rings (SSSR count). The minimum absolute atomic E-state index is 0.227. The van der Waals surface area contributed by atoms with E-state index in [1.807, 2.05) is 61.5 Å². The van der Waals surface area contributed by atoms with Gasteiger partial charge in [-0.3, -0.25) is 0 Å². The van der Waals surface area contributed by atoms with E-state index in [1.165, 1.54) is 0 Å². The summed E-state index contributed by atoms with van der Waals surface area (Å²) in [7, 11) is 0. The maximum absolute atomic E-state index is 11.1. The van der Waals surface area contributed by atoms with E-state index in [0.717, 1.165) is 16.7 Å². The van der Waals surface area contributed by atoms with E-state index in [9.17, 15) is 9.59 Å². The summed E-state index contributed by atoms with van der Waals surface area (Å²) in [5.74, 6) is -1.94. The second-order valence-electron chi connectivity index (χ2n) is 6.26. The summed E-state index contributed by atoms with van der Waals surface area (Å²) in [5.41, 5.74) is 2.80. The van der Waals surface area contributed by atoms with Gasteiger partial charge in [0.2, 0.25) is 0 Å². The van der Waals surface area contributed by atoms with Gasteiger partial charge in [-0.15, -0.1) is 0 Å². The zero-order valence-electron chi connectivity index (χ0n) is 14.2. The molecule has 2 N–H and O–H groups in total. The lowest BCUT2D eigenvalue weighted by Gasteiger charge is -2.32. The van der Waals surface area contributed by atoms with Crippen LogP contribution in [-0.4, -0.2) is 22.2 Å². The Bertz CT molecular complexity index is 869. The summed E-state index contributed by atoms with van der Waals surface area (Å²) < 4.78 is 0. The Morgan fingerprint density at radius 3 is 1.31 bits per heavy atom. The lowest BCUT2D eigenvalue weighted by molar-refractivity contribution is 0.0686. The van der Waals surface area contributed by atoms with Crippen LogP contribution < -0.4 is 0 Å². The summed E-state index contributed by atoms with van der Waals surface area (Å²) in [6.07, 6.45) is 0. The molecule has 0 spiro atoms. The second kappa shape index (κ2) is 6.84. The second-order valence-corrected chi connectivity index (χ2v) is 6.26. The third kappa shape index (κ3) is 3.09. The minimum Gasteiger partial charge on any atom is -0.478 e. The molecule has 0 heterocycles. The Kier molecular flexibility index (Phi) is 4.59. The van der Waals surface area contributed by atoms with Gasteiger partial charge in [-0.05, 0) is 47.9 Å². The number of benzene rings is 3. The smallest absolute Gasteiger partial charge is 0.335 e. The molecule has 4 heteroatoms. The normalized spacial score (nSPS) is 11.1. The van der Waals surface area contributed by atoms with Crippen molar-refractivity contribution in [3.63, 3.8) is 0 Å². The van der Waals surface area contributed by atoms with Crippen molar-refractivity contribution in [1.29, 1.82) is 0 Å². The third-order valence-electron chi connectivity index (χ3n) is 4.77. The maximum atomic E-state index is 11.1. The molecule has 0 fully saturated rings. The van der Waals surface area contributed by atoms with Crippen molar-refractivity contribution in [2.45, 2.75) is 12.3 Å². The maximum Gasteiger partial charge on any atom is 0.335 e. The lowest BCUT2D eigenvalue weighted by atomic mass is 9.71. The molecule has 0 amide bonds. The van der Waals surface area contributed by atoms with E-state index in [2.05, 4.69) is 0 Å². The highest BCUT2D eigenvalue weighted by Gasteiger charge is 2.31. The number of aromatic carboxylic acids is 2. The molecule has 0 saturated carbocycles. The Balaban J connectivity index is 2.17. The van der Waals surface area contributed by atoms with E-state index in [4.69, 9.17) is 10.2 Å². The van der Waals surface area contributed by atoms with Gasteiger partial charge in [0, 0.05) is 5.41 Å². The Morgan fingerprint density at radius 1 is 0.615 bits per heavy atom. The summed E-state index contributed by atoms with van der Waals surface area (Å²) in [6.45, 7) is 2.05. The van der Waals surface area contributed by atoms with Gasteiger partial charge in [-0.1, -0.05) is 54.6 Å². The number of hydrogen-bond acceptors (Lipinski definition) is 2. The van der Waals surface area contributed by atoms with Crippen molar-refractivity contribution >= 4 is 11.9 Å². The highest BCUT2D eigenvalue weighted by atomic mass is 16.4. The number of carboxylic acids is 2. The Labute approximate surface area is 151 Å². The topological polar surface area (TPSA) is 74.6 Å². The molecule has 0 aromatic heterocycles. The molecule has 0 atom stereocenters. The number of hydrogen-bond donors (Lipinski definition) is 2. The van der Waals surface area contributed by atoms with Crippen LogP contribution in [0.5, 0.6) is 0 Å². The van der Waals surface area contributed by atoms with Gasteiger partial charge < -0.3 is 10.2 Å². The minimum atomic E-state index is -0.969. The first kappa shape index (κ1) is 17.4. The average Bonchev–Trinajstić information content (AvgIpc) is 2.68. The van der Waals surface area contributed by atoms with Crippen LogP contribution in [0.4, 0.5) is 0 Å². The van der Waals surface area contributed by atoms with E-state index in [1.54, 1.807) is 24.3 Å². The van der Waals surface area contributed by atoms with Crippen molar-refractivity contribution in [1.82, 2.24) is 0 Å². The quantitative estimate of drug-likeness (QED) is 0.670. The molecule has 0 aliphatic carbocycles. The molecule has 130 valence electrons. The average molecular weight is 346 g/mol. The van der Waals surface area contributed by atoms with Crippen molar-refractivity contribution in [3.05, 3.63) is 107 Å². The van der Waals surface area contributed by atoms with Crippen LogP contribution in [0.3, 0.4) is 0 Å². The highest BCUT2D eigenvalue weighted by Crippen LogP contribution is 2.38. The first-order valence-corrected chi connectivity index (χ1v) is 8.16. The van der Waals surface area contributed by atoms with Gasteiger partial charge >= 0.3 is 11.9 Å². The summed E-state index contributed by atoms with van der Waals surface area (Å²) in [5, 5.41) is 18.3. The molecule has 0 bridgehead atoms. The summed E-state index contributed by atoms with van der Waals surface area (Å²) in [6, 6.07) is 23.4. The third-order valence-corrected chi connectivity index (χ3v) is 4.77. The molecule has 0 radical (unpaired) electrons. The molecule has 3 aromatic rings. The summed E-state index contributed by atoms with van der Waals surface area (Å²) in [4.78, 5) is 22.3. The van der Waals surface area contributed by atoms with Crippen molar-refractivity contribution in [3.8, 4) is 0 Å². The fraction of sp³-hybridized carbons (Fsp3) is 0.0909. The van der Waals surface area contributed by atoms with E-state index < -0.39 is 17.4 Å². The van der Waals surface area contributed by atoms with Crippen molar-refractivity contribution in [2.75, 3.05) is 0 Å². The first-order valence-electron chi connectivity index (χ1n) is 8.16. The van der Waals surface area contributed by atoms with Crippen LogP contribution >= 0.6 is 0 Å². The SMILES string of the molecule is CC(c1ccccc1)(c1ccc(C(=O)O)cc1)c1ccc(C(=O)O)cc1. The van der Waals surface area contributed by atoms with E-state index in [0.29, 0.717) is 0 Å². The van der Waals surface area contributed by atoms with Gasteiger partial charge in [-0.2, -0.15) is 0 Å². The van der Waals surface area contributed by atoms with E-state index in [-0.39, 0.29) is 11.1 Å². The van der Waals surface area contributed by atoms with Crippen LogP contribution in [0, 0.1) is 0 Å². The highest BCUT2D eigenvalue weighted by molar-refractivity contribution is 5.88. The molecule has 4 nitrogen and oxygen atoms in total. The zero-order chi connectivity index (χ0) is 18.7. The van der Waals surface area contributed by atoms with Crippen LogP contribution in [0.15, 0.2) is 78.9 Å². The number of carboxylic acid groups (broad SMARTS) is 2. The van der Waals surface area contributed by atoms with Crippen LogP contribution in [0.1, 0.15) is 44.3 Å². The molecule has 0 unspecified atom stereocenters. The monoisotopic (exact) mass is 346 g/mol.